The minimum absolute atomic E-state index is 0.154. The van der Waals surface area contributed by atoms with E-state index >= 15 is 0 Å². The van der Waals surface area contributed by atoms with Crippen molar-refractivity contribution < 1.29 is 9.47 Å². The minimum atomic E-state index is -0.154. The summed E-state index contributed by atoms with van der Waals surface area (Å²) in [5.74, 6) is 0.824. The van der Waals surface area contributed by atoms with Gasteiger partial charge in [0.15, 0.2) is 5.75 Å². The van der Waals surface area contributed by atoms with Crippen LogP contribution in [0.15, 0.2) is 46.3 Å². The normalized spacial score (nSPS) is 11.6. The van der Waals surface area contributed by atoms with Gasteiger partial charge in [0.05, 0.1) is 12.1 Å². The largest absolute Gasteiger partial charge is 0.489 e. The average molecular weight is 441 g/mol. The van der Waals surface area contributed by atoms with Crippen molar-refractivity contribution in [3.8, 4) is 11.5 Å². The van der Waals surface area contributed by atoms with E-state index in [9.17, 15) is 4.79 Å². The van der Waals surface area contributed by atoms with E-state index < -0.39 is 0 Å². The number of ether oxygens (including phenoxy) is 2. The van der Waals surface area contributed by atoms with Crippen molar-refractivity contribution in [3.05, 3.63) is 51.9 Å². The van der Waals surface area contributed by atoms with Crippen LogP contribution < -0.4 is 20.8 Å². The van der Waals surface area contributed by atoms with Crippen LogP contribution in [0.1, 0.15) is 73.1 Å². The van der Waals surface area contributed by atoms with E-state index in [1.807, 2.05) is 18.2 Å². The van der Waals surface area contributed by atoms with Crippen LogP contribution in [0, 0.1) is 0 Å². The van der Waals surface area contributed by atoms with Crippen LogP contribution in [0.5, 0.6) is 11.5 Å². The molecule has 0 radical (unpaired) electrons. The molecule has 0 amide bonds. The molecular weight excluding hydrogens is 400 g/mol. The third-order valence-electron chi connectivity index (χ3n) is 5.43. The molecule has 2 rings (SSSR count). The number of rotatable bonds is 13. The first-order chi connectivity index (χ1) is 15.4. The van der Waals surface area contributed by atoms with E-state index in [0.29, 0.717) is 36.9 Å². The summed E-state index contributed by atoms with van der Waals surface area (Å²) in [6, 6.07) is 5.64. The Kier molecular flexibility index (Phi) is 10.4. The fourth-order valence-corrected chi connectivity index (χ4v) is 3.50. The lowest BCUT2D eigenvalue weighted by Crippen LogP contribution is -2.24. The predicted octanol–water partition coefficient (Wildman–Crippen LogP) is 6.63. The molecule has 0 aliphatic carbocycles. The Morgan fingerprint density at radius 2 is 1.78 bits per heavy atom. The lowest BCUT2D eigenvalue weighted by molar-refractivity contribution is 0.278. The Morgan fingerprint density at radius 1 is 1.03 bits per heavy atom. The van der Waals surface area contributed by atoms with Gasteiger partial charge in [-0.2, -0.15) is 0 Å². The molecule has 0 unspecified atom stereocenters. The summed E-state index contributed by atoms with van der Waals surface area (Å²) in [5.41, 5.74) is 9.90. The van der Waals surface area contributed by atoms with E-state index in [0.717, 1.165) is 49.4 Å². The molecule has 5 nitrogen and oxygen atoms in total. The first-order valence-electron chi connectivity index (χ1n) is 11.9. The summed E-state index contributed by atoms with van der Waals surface area (Å²) >= 11 is 0. The second-order valence-corrected chi connectivity index (χ2v) is 8.63. The molecule has 1 aromatic carbocycles. The molecule has 176 valence electrons. The molecule has 0 saturated carbocycles. The Labute approximate surface area is 192 Å². The van der Waals surface area contributed by atoms with Gasteiger partial charge in [0.1, 0.15) is 6.61 Å². The Morgan fingerprint density at radius 3 is 2.47 bits per heavy atom. The van der Waals surface area contributed by atoms with Crippen molar-refractivity contribution in [2.75, 3.05) is 18.9 Å². The Bertz CT molecular complexity index is 998. The molecule has 0 fully saturated rings. The van der Waals surface area contributed by atoms with E-state index in [4.69, 9.17) is 15.2 Å². The van der Waals surface area contributed by atoms with Crippen LogP contribution >= 0.6 is 0 Å². The van der Waals surface area contributed by atoms with Gasteiger partial charge in [-0.3, -0.25) is 4.79 Å². The standard InChI is InChI=1S/C27H40N2O3/c1-6-8-16-29-24-19-22(28)13-14-23(24)25(31-17-9-7-2)26(27(29)30)32-18-15-21(5)12-10-11-20(3)4/h11,13-15,19H,6-10,12,16-18,28H2,1-5H3/b21-15+. The van der Waals surface area contributed by atoms with Gasteiger partial charge >= 0.3 is 0 Å². The second kappa shape index (κ2) is 13.0. The van der Waals surface area contributed by atoms with Gasteiger partial charge < -0.3 is 19.8 Å². The molecule has 1 aromatic heterocycles. The van der Waals surface area contributed by atoms with Crippen LogP contribution in [0.3, 0.4) is 0 Å². The van der Waals surface area contributed by atoms with Gasteiger partial charge in [0.2, 0.25) is 5.75 Å². The number of pyridine rings is 1. The lowest BCUT2D eigenvalue weighted by Gasteiger charge is -2.18. The summed E-state index contributed by atoms with van der Waals surface area (Å²) in [6.07, 6.45) is 10.1. The third kappa shape index (κ3) is 7.18. The Balaban J connectivity index is 2.43. The Hall–Kier alpha value is -2.69. The molecule has 2 aromatic rings. The van der Waals surface area contributed by atoms with Crippen LogP contribution in [-0.2, 0) is 6.54 Å². The number of fused-ring (bicyclic) bond motifs is 1. The molecule has 0 atom stereocenters. The maximum atomic E-state index is 13.5. The number of nitrogen functional groups attached to an aromatic ring is 1. The van der Waals surface area contributed by atoms with Crippen molar-refractivity contribution >= 4 is 16.6 Å². The topological polar surface area (TPSA) is 66.5 Å². The first-order valence-corrected chi connectivity index (χ1v) is 11.9. The summed E-state index contributed by atoms with van der Waals surface area (Å²) in [7, 11) is 0. The highest BCUT2D eigenvalue weighted by Gasteiger charge is 2.19. The van der Waals surface area contributed by atoms with Gasteiger partial charge in [-0.25, -0.2) is 0 Å². The summed E-state index contributed by atoms with van der Waals surface area (Å²) in [4.78, 5) is 13.5. The fourth-order valence-electron chi connectivity index (χ4n) is 3.50. The molecule has 1 heterocycles. The number of nitrogens with zero attached hydrogens (tertiary/aromatic N) is 1. The molecule has 0 aliphatic heterocycles. The van der Waals surface area contributed by atoms with Gasteiger partial charge in [-0.15, -0.1) is 0 Å². The van der Waals surface area contributed by atoms with Gasteiger partial charge in [-0.05, 0) is 70.7 Å². The number of hydrogen-bond donors (Lipinski definition) is 1. The van der Waals surface area contributed by atoms with E-state index in [2.05, 4.69) is 46.8 Å². The highest BCUT2D eigenvalue weighted by Crippen LogP contribution is 2.34. The quantitative estimate of drug-likeness (QED) is 0.215. The molecule has 32 heavy (non-hydrogen) atoms. The summed E-state index contributed by atoms with van der Waals surface area (Å²) in [6.45, 7) is 12.1. The number of hydrogen-bond acceptors (Lipinski definition) is 4. The van der Waals surface area contributed by atoms with Crippen molar-refractivity contribution in [3.63, 3.8) is 0 Å². The number of unbranched alkanes of at least 4 members (excludes halogenated alkanes) is 2. The molecular formula is C27H40N2O3. The zero-order valence-electron chi connectivity index (χ0n) is 20.5. The lowest BCUT2D eigenvalue weighted by atomic mass is 10.1. The number of anilines is 1. The zero-order valence-corrected chi connectivity index (χ0v) is 20.5. The molecule has 2 N–H and O–H groups in total. The molecule has 0 spiro atoms. The summed E-state index contributed by atoms with van der Waals surface area (Å²) < 4.78 is 14.0. The van der Waals surface area contributed by atoms with Gasteiger partial charge in [-0.1, -0.05) is 43.9 Å². The fraction of sp³-hybridized carbons (Fsp3) is 0.519. The number of nitrogens with two attached hydrogens (primary N) is 1. The minimum Gasteiger partial charge on any atom is -0.489 e. The van der Waals surface area contributed by atoms with E-state index in [1.165, 1.54) is 11.1 Å². The predicted molar refractivity (Wildman–Crippen MR) is 136 cm³/mol. The molecule has 5 heteroatoms. The third-order valence-corrected chi connectivity index (χ3v) is 5.43. The first kappa shape index (κ1) is 25.6. The molecule has 0 bridgehead atoms. The zero-order chi connectivity index (χ0) is 23.5. The smallest absolute Gasteiger partial charge is 0.297 e. The summed E-state index contributed by atoms with van der Waals surface area (Å²) in [5, 5.41) is 0.866. The number of aromatic nitrogens is 1. The number of allylic oxidation sites excluding steroid dienone is 3. The van der Waals surface area contributed by atoms with Crippen molar-refractivity contribution in [1.29, 1.82) is 0 Å². The second-order valence-electron chi connectivity index (χ2n) is 8.63. The van der Waals surface area contributed by atoms with Crippen molar-refractivity contribution in [2.45, 2.75) is 79.7 Å². The van der Waals surface area contributed by atoms with Gasteiger partial charge in [0, 0.05) is 17.6 Å². The highest BCUT2D eigenvalue weighted by molar-refractivity contribution is 5.90. The number of benzene rings is 1. The monoisotopic (exact) mass is 440 g/mol. The SMILES string of the molecule is CCCCOc1c(OC/C=C(\C)CCC=C(C)C)c(=O)n(CCCC)c2cc(N)ccc12. The van der Waals surface area contributed by atoms with Crippen molar-refractivity contribution in [2.24, 2.45) is 0 Å². The van der Waals surface area contributed by atoms with Crippen LogP contribution in [0.2, 0.25) is 0 Å². The van der Waals surface area contributed by atoms with Crippen LogP contribution in [-0.4, -0.2) is 17.8 Å². The van der Waals surface area contributed by atoms with E-state index in [-0.39, 0.29) is 5.56 Å². The average Bonchev–Trinajstić information content (AvgIpc) is 2.75. The maximum Gasteiger partial charge on any atom is 0.297 e. The van der Waals surface area contributed by atoms with Gasteiger partial charge in [0.25, 0.3) is 5.56 Å². The van der Waals surface area contributed by atoms with Crippen LogP contribution in [0.4, 0.5) is 5.69 Å². The van der Waals surface area contributed by atoms with E-state index in [1.54, 1.807) is 4.57 Å². The van der Waals surface area contributed by atoms with Crippen LogP contribution in [0.25, 0.3) is 10.9 Å². The number of aryl methyl sites for hydroxylation is 1. The van der Waals surface area contributed by atoms with Crippen molar-refractivity contribution in [1.82, 2.24) is 4.57 Å². The highest BCUT2D eigenvalue weighted by atomic mass is 16.5. The molecule has 0 aliphatic rings. The molecule has 0 saturated heterocycles. The maximum absolute atomic E-state index is 13.5.